The van der Waals surface area contributed by atoms with Gasteiger partial charge in [-0.15, -0.1) is 0 Å². The lowest BCUT2D eigenvalue weighted by molar-refractivity contribution is -0.138. The Labute approximate surface area is 136 Å². The molecule has 2 aromatic carbocycles. The maximum Gasteiger partial charge on any atom is 0.340 e. The van der Waals surface area contributed by atoms with Crippen molar-refractivity contribution < 1.29 is 34.4 Å². The van der Waals surface area contributed by atoms with Gasteiger partial charge in [0.25, 0.3) is 0 Å². The van der Waals surface area contributed by atoms with Crippen LogP contribution in [0.1, 0.15) is 39.1 Å². The van der Waals surface area contributed by atoms with Crippen LogP contribution >= 0.6 is 0 Å². The van der Waals surface area contributed by atoms with Crippen molar-refractivity contribution in [3.63, 3.8) is 0 Å². The van der Waals surface area contributed by atoms with E-state index in [2.05, 4.69) is 0 Å². The maximum absolute atomic E-state index is 11.3. The molecular formula is C17H14O7. The van der Waals surface area contributed by atoms with E-state index < -0.39 is 29.4 Å². The van der Waals surface area contributed by atoms with E-state index >= 15 is 0 Å². The van der Waals surface area contributed by atoms with Crippen LogP contribution in [0.15, 0.2) is 42.5 Å². The number of hydrogen-bond acceptors (Lipinski definition) is 4. The zero-order valence-electron chi connectivity index (χ0n) is 12.6. The Kier molecular flexibility index (Phi) is 4.84. The van der Waals surface area contributed by atoms with Gasteiger partial charge in [-0.25, -0.2) is 9.59 Å². The number of hydrogen-bond donors (Lipinski definition) is 3. The molecule has 7 heteroatoms. The third kappa shape index (κ3) is 3.52. The minimum absolute atomic E-state index is 0.110. The largest absolute Gasteiger partial charge is 0.481 e. The lowest BCUT2D eigenvalue weighted by Crippen LogP contribution is -2.09. The first-order valence-corrected chi connectivity index (χ1v) is 6.91. The van der Waals surface area contributed by atoms with Crippen molar-refractivity contribution in [1.29, 1.82) is 0 Å². The molecule has 1 unspecified atom stereocenters. The third-order valence-electron chi connectivity index (χ3n) is 3.45. The summed E-state index contributed by atoms with van der Waals surface area (Å²) in [6.45, 7) is 1.54. The van der Waals surface area contributed by atoms with Gasteiger partial charge in [-0.1, -0.05) is 18.2 Å². The molecule has 0 amide bonds. The topological polar surface area (TPSA) is 121 Å². The van der Waals surface area contributed by atoms with Crippen molar-refractivity contribution in [3.05, 3.63) is 59.2 Å². The summed E-state index contributed by atoms with van der Waals surface area (Å²) in [4.78, 5) is 33.4. The molecule has 0 fully saturated rings. The second-order valence-corrected chi connectivity index (χ2v) is 5.02. The molecule has 2 aromatic rings. The van der Waals surface area contributed by atoms with E-state index in [0.29, 0.717) is 5.56 Å². The molecule has 0 saturated heterocycles. The number of ether oxygens (including phenoxy) is 1. The Morgan fingerprint density at radius 1 is 0.917 bits per heavy atom. The average Bonchev–Trinajstić information content (AvgIpc) is 2.54. The van der Waals surface area contributed by atoms with E-state index in [1.165, 1.54) is 37.3 Å². The summed E-state index contributed by atoms with van der Waals surface area (Å²) >= 11 is 0. The lowest BCUT2D eigenvalue weighted by atomic mass is 10.0. The molecule has 0 radical (unpaired) electrons. The van der Waals surface area contributed by atoms with Gasteiger partial charge in [-0.2, -0.15) is 0 Å². The van der Waals surface area contributed by atoms with E-state index in [-0.39, 0.29) is 17.1 Å². The van der Waals surface area contributed by atoms with Gasteiger partial charge >= 0.3 is 17.9 Å². The Hall–Kier alpha value is -3.35. The van der Waals surface area contributed by atoms with Crippen molar-refractivity contribution in [2.75, 3.05) is 0 Å². The zero-order chi connectivity index (χ0) is 17.9. The average molecular weight is 330 g/mol. The standard InChI is InChI=1S/C17H14O7/c1-9(15(18)19)10-5-7-11(8-6-10)24-13-4-2-3-12(16(20)21)14(13)17(22)23/h2-9H,1H3,(H,18,19)(H,20,21)(H,22,23). The zero-order valence-corrected chi connectivity index (χ0v) is 12.6. The monoisotopic (exact) mass is 330 g/mol. The van der Waals surface area contributed by atoms with Gasteiger partial charge in [0.15, 0.2) is 0 Å². The van der Waals surface area contributed by atoms with Crippen LogP contribution in [0.25, 0.3) is 0 Å². The fourth-order valence-electron chi connectivity index (χ4n) is 2.11. The van der Waals surface area contributed by atoms with Crippen LogP contribution in [0.2, 0.25) is 0 Å². The molecule has 1 atom stereocenters. The Balaban J connectivity index is 2.35. The highest BCUT2D eigenvalue weighted by Crippen LogP contribution is 2.29. The smallest absolute Gasteiger partial charge is 0.340 e. The summed E-state index contributed by atoms with van der Waals surface area (Å²) in [6, 6.07) is 10.00. The van der Waals surface area contributed by atoms with E-state index in [0.717, 1.165) is 0 Å². The molecule has 0 saturated carbocycles. The van der Waals surface area contributed by atoms with Gasteiger partial charge < -0.3 is 20.1 Å². The number of carboxylic acids is 3. The van der Waals surface area contributed by atoms with Crippen molar-refractivity contribution in [2.45, 2.75) is 12.8 Å². The first-order chi connectivity index (χ1) is 11.3. The van der Waals surface area contributed by atoms with Crippen molar-refractivity contribution in [1.82, 2.24) is 0 Å². The third-order valence-corrected chi connectivity index (χ3v) is 3.45. The first-order valence-electron chi connectivity index (χ1n) is 6.91. The minimum Gasteiger partial charge on any atom is -0.481 e. The van der Waals surface area contributed by atoms with Gasteiger partial charge in [0.2, 0.25) is 0 Å². The van der Waals surface area contributed by atoms with Gasteiger partial charge in [-0.3, -0.25) is 4.79 Å². The van der Waals surface area contributed by atoms with Gasteiger partial charge in [0.1, 0.15) is 17.1 Å². The fourth-order valence-corrected chi connectivity index (χ4v) is 2.11. The van der Waals surface area contributed by atoms with Gasteiger partial charge in [-0.05, 0) is 36.8 Å². The Morgan fingerprint density at radius 3 is 2.04 bits per heavy atom. The summed E-state index contributed by atoms with van der Waals surface area (Å²) < 4.78 is 5.47. The molecule has 0 bridgehead atoms. The second kappa shape index (κ2) is 6.82. The number of aliphatic carboxylic acids is 1. The highest BCUT2D eigenvalue weighted by molar-refractivity contribution is 6.03. The quantitative estimate of drug-likeness (QED) is 0.744. The number of rotatable bonds is 6. The molecule has 0 heterocycles. The van der Waals surface area contributed by atoms with Crippen molar-refractivity contribution >= 4 is 17.9 Å². The molecule has 0 aliphatic carbocycles. The summed E-state index contributed by atoms with van der Waals surface area (Å²) in [6.07, 6.45) is 0. The van der Waals surface area contributed by atoms with E-state index in [1.54, 1.807) is 12.1 Å². The normalized spacial score (nSPS) is 11.5. The van der Waals surface area contributed by atoms with Crippen molar-refractivity contribution in [3.8, 4) is 11.5 Å². The molecule has 0 aromatic heterocycles. The van der Waals surface area contributed by atoms with E-state index in [1.807, 2.05) is 0 Å². The van der Waals surface area contributed by atoms with Crippen molar-refractivity contribution in [2.24, 2.45) is 0 Å². The fraction of sp³-hybridized carbons (Fsp3) is 0.118. The minimum atomic E-state index is -1.42. The molecule has 0 spiro atoms. The van der Waals surface area contributed by atoms with Gasteiger partial charge in [0, 0.05) is 0 Å². The van der Waals surface area contributed by atoms with Crippen LogP contribution < -0.4 is 4.74 Å². The first kappa shape index (κ1) is 17.0. The second-order valence-electron chi connectivity index (χ2n) is 5.02. The molecule has 0 aliphatic heterocycles. The number of carbonyl (C=O) groups is 3. The SMILES string of the molecule is CC(C(=O)O)c1ccc(Oc2cccc(C(=O)O)c2C(=O)O)cc1. The number of benzene rings is 2. The summed E-state index contributed by atoms with van der Waals surface area (Å²) in [5.41, 5.74) is -0.267. The molecular weight excluding hydrogens is 316 g/mol. The Bertz CT molecular complexity index is 793. The predicted molar refractivity (Wildman–Crippen MR) is 82.9 cm³/mol. The molecule has 3 N–H and O–H groups in total. The number of aromatic carboxylic acids is 2. The molecule has 24 heavy (non-hydrogen) atoms. The van der Waals surface area contributed by atoms with Crippen LogP contribution in [-0.4, -0.2) is 33.2 Å². The van der Waals surface area contributed by atoms with Crippen LogP contribution in [-0.2, 0) is 4.79 Å². The van der Waals surface area contributed by atoms with Crippen LogP contribution in [0.4, 0.5) is 0 Å². The predicted octanol–water partition coefficient (Wildman–Crippen LogP) is 3.06. The summed E-state index contributed by atoms with van der Waals surface area (Å²) in [5, 5.41) is 27.3. The van der Waals surface area contributed by atoms with Gasteiger partial charge in [0.05, 0.1) is 11.5 Å². The number of carboxylic acid groups (broad SMARTS) is 3. The highest BCUT2D eigenvalue weighted by Gasteiger charge is 2.21. The lowest BCUT2D eigenvalue weighted by Gasteiger charge is -2.12. The molecule has 7 nitrogen and oxygen atoms in total. The van der Waals surface area contributed by atoms with E-state index in [9.17, 15) is 19.5 Å². The van der Waals surface area contributed by atoms with E-state index in [4.69, 9.17) is 14.9 Å². The molecule has 0 aliphatic rings. The molecule has 2 rings (SSSR count). The maximum atomic E-state index is 11.3. The highest BCUT2D eigenvalue weighted by atomic mass is 16.5. The summed E-state index contributed by atoms with van der Waals surface area (Å²) in [5.74, 6) is -4.29. The molecule has 124 valence electrons. The van der Waals surface area contributed by atoms with Crippen LogP contribution in [0.5, 0.6) is 11.5 Å². The summed E-state index contributed by atoms with van der Waals surface area (Å²) in [7, 11) is 0. The van der Waals surface area contributed by atoms with Crippen LogP contribution in [0, 0.1) is 0 Å². The Morgan fingerprint density at radius 2 is 1.54 bits per heavy atom. The van der Waals surface area contributed by atoms with Crippen LogP contribution in [0.3, 0.4) is 0 Å².